The van der Waals surface area contributed by atoms with Crippen LogP contribution < -0.4 is 0 Å². The molecule has 3 rings (SSSR count). The summed E-state index contributed by atoms with van der Waals surface area (Å²) in [6.07, 6.45) is 2.58. The van der Waals surface area contributed by atoms with Crippen molar-refractivity contribution in [1.82, 2.24) is 4.98 Å². The van der Waals surface area contributed by atoms with Gasteiger partial charge in [-0.3, -0.25) is 4.79 Å². The summed E-state index contributed by atoms with van der Waals surface area (Å²) in [6.45, 7) is 4.23. The first-order valence-corrected chi connectivity index (χ1v) is 7.08. The lowest BCUT2D eigenvalue weighted by Gasteiger charge is -2.06. The zero-order chi connectivity index (χ0) is 12.7. The Morgan fingerprint density at radius 3 is 2.83 bits per heavy atom. The maximum atomic E-state index is 11.9. The lowest BCUT2D eigenvalue weighted by atomic mass is 10.0. The van der Waals surface area contributed by atoms with Gasteiger partial charge in [-0.05, 0) is 37.8 Å². The summed E-state index contributed by atoms with van der Waals surface area (Å²) in [5, 5.41) is 0.997. The molecular formula is C15H15NOS. The Balaban J connectivity index is 2.13. The Kier molecular flexibility index (Phi) is 2.78. The van der Waals surface area contributed by atoms with Crippen molar-refractivity contribution in [2.45, 2.75) is 33.1 Å². The highest BCUT2D eigenvalue weighted by Gasteiger charge is 2.23. The lowest BCUT2D eigenvalue weighted by molar-refractivity contribution is 0.0976. The number of fused-ring (bicyclic) bond motifs is 1. The second-order valence-corrected chi connectivity index (χ2v) is 5.82. The van der Waals surface area contributed by atoms with E-state index in [1.54, 1.807) is 11.3 Å². The van der Waals surface area contributed by atoms with Crippen molar-refractivity contribution in [3.8, 4) is 10.6 Å². The highest BCUT2D eigenvalue weighted by Crippen LogP contribution is 2.34. The molecule has 1 heterocycles. The summed E-state index contributed by atoms with van der Waals surface area (Å²) >= 11 is 1.56. The Hall–Kier alpha value is -1.48. The molecule has 2 nitrogen and oxygen atoms in total. The van der Waals surface area contributed by atoms with Crippen molar-refractivity contribution >= 4 is 17.1 Å². The average Bonchev–Trinajstić information content (AvgIpc) is 2.78. The fraction of sp³-hybridized carbons (Fsp3) is 0.333. The first-order chi connectivity index (χ1) is 8.66. The normalized spacial score (nSPS) is 14.7. The predicted octanol–water partition coefficient (Wildman–Crippen LogP) is 3.95. The topological polar surface area (TPSA) is 30.0 Å². The number of benzene rings is 1. The smallest absolute Gasteiger partial charge is 0.174 e. The molecule has 0 unspecified atom stereocenters. The number of rotatable bonds is 1. The molecule has 0 fully saturated rings. The fourth-order valence-corrected chi connectivity index (χ4v) is 3.53. The minimum atomic E-state index is 0.269. The first kappa shape index (κ1) is 11.6. The summed E-state index contributed by atoms with van der Waals surface area (Å²) in [7, 11) is 0. The molecular weight excluding hydrogens is 242 g/mol. The van der Waals surface area contributed by atoms with Gasteiger partial charge in [0.25, 0.3) is 0 Å². The number of Topliss-reactive ketones (excluding diaryl/α,β-unsaturated/α-hetero) is 1. The van der Waals surface area contributed by atoms with Crippen molar-refractivity contribution in [2.24, 2.45) is 0 Å². The molecule has 0 bridgehead atoms. The highest BCUT2D eigenvalue weighted by atomic mass is 32.1. The van der Waals surface area contributed by atoms with Crippen LogP contribution in [0, 0.1) is 13.8 Å². The molecule has 0 saturated heterocycles. The van der Waals surface area contributed by atoms with E-state index in [1.165, 1.54) is 16.7 Å². The molecule has 0 spiro atoms. The highest BCUT2D eigenvalue weighted by molar-refractivity contribution is 7.17. The van der Waals surface area contributed by atoms with Crippen molar-refractivity contribution < 1.29 is 4.79 Å². The third-order valence-corrected chi connectivity index (χ3v) is 4.78. The van der Waals surface area contributed by atoms with Gasteiger partial charge < -0.3 is 0 Å². The molecule has 0 atom stereocenters. The van der Waals surface area contributed by atoms with Gasteiger partial charge in [-0.1, -0.05) is 18.2 Å². The number of hydrogen-bond donors (Lipinski definition) is 0. The van der Waals surface area contributed by atoms with Crippen LogP contribution in [0.25, 0.3) is 10.6 Å². The van der Waals surface area contributed by atoms with Gasteiger partial charge in [0.05, 0.1) is 10.6 Å². The molecule has 0 radical (unpaired) electrons. The zero-order valence-electron chi connectivity index (χ0n) is 10.6. The number of thiazole rings is 1. The van der Waals surface area contributed by atoms with Crippen LogP contribution in [0.1, 0.15) is 39.3 Å². The van der Waals surface area contributed by atoms with Crippen LogP contribution in [0.2, 0.25) is 0 Å². The lowest BCUT2D eigenvalue weighted by Crippen LogP contribution is -2.07. The standard InChI is InChI=1S/C15H15NOS/c1-9-5-3-6-11(10(9)2)15-16-12-7-4-8-13(17)14(12)18-15/h3,5-6H,4,7-8H2,1-2H3. The minimum Gasteiger partial charge on any atom is -0.293 e. The van der Waals surface area contributed by atoms with E-state index in [4.69, 9.17) is 0 Å². The Morgan fingerprint density at radius 1 is 1.22 bits per heavy atom. The molecule has 0 saturated carbocycles. The number of aryl methyl sites for hydroxylation is 2. The van der Waals surface area contributed by atoms with Gasteiger partial charge in [-0.25, -0.2) is 4.98 Å². The van der Waals surface area contributed by atoms with Crippen LogP contribution in [-0.2, 0) is 6.42 Å². The van der Waals surface area contributed by atoms with Crippen LogP contribution >= 0.6 is 11.3 Å². The van der Waals surface area contributed by atoms with Gasteiger partial charge in [-0.15, -0.1) is 11.3 Å². The Bertz CT molecular complexity index is 627. The van der Waals surface area contributed by atoms with E-state index in [1.807, 2.05) is 0 Å². The van der Waals surface area contributed by atoms with Crippen molar-refractivity contribution in [2.75, 3.05) is 0 Å². The van der Waals surface area contributed by atoms with Crippen LogP contribution in [-0.4, -0.2) is 10.8 Å². The van der Waals surface area contributed by atoms with E-state index >= 15 is 0 Å². The van der Waals surface area contributed by atoms with E-state index in [0.29, 0.717) is 6.42 Å². The zero-order valence-corrected chi connectivity index (χ0v) is 11.4. The van der Waals surface area contributed by atoms with Gasteiger partial charge in [0.2, 0.25) is 0 Å². The second kappa shape index (κ2) is 4.32. The third-order valence-electron chi connectivity index (χ3n) is 3.60. The quantitative estimate of drug-likeness (QED) is 0.774. The number of carbonyl (C=O) groups is 1. The van der Waals surface area contributed by atoms with Crippen molar-refractivity contribution in [3.63, 3.8) is 0 Å². The number of ketones is 1. The fourth-order valence-electron chi connectivity index (χ4n) is 2.37. The largest absolute Gasteiger partial charge is 0.293 e. The van der Waals surface area contributed by atoms with Crippen LogP contribution in [0.15, 0.2) is 18.2 Å². The number of carbonyl (C=O) groups excluding carboxylic acids is 1. The van der Waals surface area contributed by atoms with E-state index in [-0.39, 0.29) is 5.78 Å². The van der Waals surface area contributed by atoms with Crippen molar-refractivity contribution in [3.05, 3.63) is 39.9 Å². The molecule has 1 aromatic carbocycles. The molecule has 2 aromatic rings. The average molecular weight is 257 g/mol. The number of aromatic nitrogens is 1. The summed E-state index contributed by atoms with van der Waals surface area (Å²) in [4.78, 5) is 17.4. The third kappa shape index (κ3) is 1.79. The maximum absolute atomic E-state index is 11.9. The molecule has 1 aromatic heterocycles. The first-order valence-electron chi connectivity index (χ1n) is 6.26. The summed E-state index contributed by atoms with van der Waals surface area (Å²) in [5.41, 5.74) is 4.71. The van der Waals surface area contributed by atoms with Gasteiger partial charge in [0.1, 0.15) is 5.01 Å². The molecule has 0 amide bonds. The van der Waals surface area contributed by atoms with Crippen LogP contribution in [0.5, 0.6) is 0 Å². The molecule has 1 aliphatic carbocycles. The molecule has 0 aliphatic heterocycles. The Morgan fingerprint density at radius 2 is 2.06 bits per heavy atom. The van der Waals surface area contributed by atoms with Crippen molar-refractivity contribution in [1.29, 1.82) is 0 Å². The Labute approximate surface area is 111 Å². The molecule has 18 heavy (non-hydrogen) atoms. The summed E-state index contributed by atoms with van der Waals surface area (Å²) < 4.78 is 0. The van der Waals surface area contributed by atoms with E-state index < -0.39 is 0 Å². The molecule has 0 N–H and O–H groups in total. The summed E-state index contributed by atoms with van der Waals surface area (Å²) in [5.74, 6) is 0.269. The van der Waals surface area contributed by atoms with Gasteiger partial charge in [0, 0.05) is 12.0 Å². The van der Waals surface area contributed by atoms with E-state index in [0.717, 1.165) is 28.4 Å². The molecule has 1 aliphatic rings. The van der Waals surface area contributed by atoms with Gasteiger partial charge >= 0.3 is 0 Å². The monoisotopic (exact) mass is 257 g/mol. The SMILES string of the molecule is Cc1cccc(-c2nc3c(s2)C(=O)CCC3)c1C. The second-order valence-electron chi connectivity index (χ2n) is 4.82. The van der Waals surface area contributed by atoms with Gasteiger partial charge in [-0.2, -0.15) is 0 Å². The maximum Gasteiger partial charge on any atom is 0.174 e. The number of nitrogens with zero attached hydrogens (tertiary/aromatic N) is 1. The van der Waals surface area contributed by atoms with Crippen LogP contribution in [0.4, 0.5) is 0 Å². The minimum absolute atomic E-state index is 0.269. The van der Waals surface area contributed by atoms with E-state index in [9.17, 15) is 4.79 Å². The molecule has 3 heteroatoms. The van der Waals surface area contributed by atoms with Gasteiger partial charge in [0.15, 0.2) is 5.78 Å². The summed E-state index contributed by atoms with van der Waals surface area (Å²) in [6, 6.07) is 6.26. The molecule has 92 valence electrons. The predicted molar refractivity (Wildman–Crippen MR) is 74.3 cm³/mol. The van der Waals surface area contributed by atoms with E-state index in [2.05, 4.69) is 37.0 Å². The number of hydrogen-bond acceptors (Lipinski definition) is 3. The van der Waals surface area contributed by atoms with Crippen LogP contribution in [0.3, 0.4) is 0 Å².